The van der Waals surface area contributed by atoms with Crippen molar-refractivity contribution in [2.45, 2.75) is 15.9 Å². The van der Waals surface area contributed by atoms with Gasteiger partial charge in [-0.2, -0.15) is 0 Å². The van der Waals surface area contributed by atoms with Crippen molar-refractivity contribution >= 4 is 34.0 Å². The van der Waals surface area contributed by atoms with Crippen LogP contribution in [0.5, 0.6) is 0 Å². The van der Waals surface area contributed by atoms with Crippen LogP contribution >= 0.6 is 23.1 Å². The Balaban J connectivity index is 1.58. The van der Waals surface area contributed by atoms with E-state index in [0.717, 1.165) is 26.5 Å². The fourth-order valence-corrected chi connectivity index (χ4v) is 4.70. The molecule has 132 valence electrons. The van der Waals surface area contributed by atoms with Crippen LogP contribution in [0, 0.1) is 0 Å². The minimum atomic E-state index is 0.699. The van der Waals surface area contributed by atoms with Gasteiger partial charge in [0, 0.05) is 40.8 Å². The summed E-state index contributed by atoms with van der Waals surface area (Å²) < 4.78 is 3.08. The molecule has 5 nitrogen and oxygen atoms in total. The van der Waals surface area contributed by atoms with Crippen LogP contribution in [0.1, 0.15) is 11.4 Å². The van der Waals surface area contributed by atoms with Crippen molar-refractivity contribution in [3.63, 3.8) is 0 Å². The maximum atomic E-state index is 4.51. The average molecular weight is 390 g/mol. The van der Waals surface area contributed by atoms with Crippen LogP contribution in [0.25, 0.3) is 16.6 Å². The van der Waals surface area contributed by atoms with Crippen molar-refractivity contribution in [2.75, 3.05) is 0 Å². The molecule has 5 rings (SSSR count). The normalized spacial score (nSPS) is 11.3. The quantitative estimate of drug-likeness (QED) is 0.462. The molecular weight excluding hydrogens is 374 g/mol. The summed E-state index contributed by atoms with van der Waals surface area (Å²) >= 11 is 3.15. The third-order valence-electron chi connectivity index (χ3n) is 4.33. The summed E-state index contributed by atoms with van der Waals surface area (Å²) in [4.78, 5) is 7.71. The van der Waals surface area contributed by atoms with Gasteiger partial charge < -0.3 is 4.98 Å². The molecule has 0 atom stereocenters. The lowest BCUT2D eigenvalue weighted by Gasteiger charge is -2.09. The maximum Gasteiger partial charge on any atom is 0.202 e. The molecule has 0 radical (unpaired) electrons. The number of para-hydroxylation sites is 2. The van der Waals surface area contributed by atoms with E-state index in [1.807, 2.05) is 35.8 Å². The van der Waals surface area contributed by atoms with Crippen molar-refractivity contribution in [3.05, 3.63) is 83.8 Å². The van der Waals surface area contributed by atoms with Gasteiger partial charge in [0.15, 0.2) is 4.34 Å². The number of hydrogen-bond acceptors (Lipinski definition) is 5. The highest BCUT2D eigenvalue weighted by Gasteiger charge is 2.17. The van der Waals surface area contributed by atoms with E-state index in [1.165, 1.54) is 10.9 Å². The van der Waals surface area contributed by atoms with Crippen LogP contribution in [0.3, 0.4) is 0 Å². The molecule has 27 heavy (non-hydrogen) atoms. The number of rotatable bonds is 5. The van der Waals surface area contributed by atoms with Gasteiger partial charge in [-0.05, 0) is 35.5 Å². The number of nitrogens with zero attached hydrogens (tertiary/aromatic N) is 4. The molecule has 0 bridgehead atoms. The molecule has 1 N–H and O–H groups in total. The van der Waals surface area contributed by atoms with Gasteiger partial charge in [-0.15, -0.1) is 21.5 Å². The van der Waals surface area contributed by atoms with Gasteiger partial charge in [0.05, 0.1) is 0 Å². The number of nitrogens with one attached hydrogen (secondary N) is 1. The van der Waals surface area contributed by atoms with Crippen LogP contribution in [0.2, 0.25) is 0 Å². The molecule has 0 spiro atoms. The predicted molar refractivity (Wildman–Crippen MR) is 109 cm³/mol. The maximum absolute atomic E-state index is 4.51. The summed E-state index contributed by atoms with van der Waals surface area (Å²) in [7, 11) is 0. The largest absolute Gasteiger partial charge is 0.361 e. The van der Waals surface area contributed by atoms with E-state index in [1.54, 1.807) is 23.1 Å². The first-order valence-electron chi connectivity index (χ1n) is 8.50. The molecule has 0 saturated heterocycles. The van der Waals surface area contributed by atoms with Gasteiger partial charge in [-0.25, -0.2) is 4.98 Å². The van der Waals surface area contributed by atoms with Crippen molar-refractivity contribution in [1.82, 2.24) is 24.7 Å². The van der Waals surface area contributed by atoms with Crippen LogP contribution in [-0.2, 0) is 6.42 Å². The summed E-state index contributed by atoms with van der Waals surface area (Å²) in [6.07, 6.45) is 4.57. The fourth-order valence-electron chi connectivity index (χ4n) is 3.10. The van der Waals surface area contributed by atoms with Gasteiger partial charge in [0.1, 0.15) is 5.82 Å². The smallest absolute Gasteiger partial charge is 0.202 e. The van der Waals surface area contributed by atoms with Gasteiger partial charge in [-0.1, -0.05) is 36.4 Å². The predicted octanol–water partition coefficient (Wildman–Crippen LogP) is 4.95. The molecule has 0 aliphatic carbocycles. The molecular formula is C20H15N5S2. The summed E-state index contributed by atoms with van der Waals surface area (Å²) in [5.41, 5.74) is 3.40. The van der Waals surface area contributed by atoms with Gasteiger partial charge >= 0.3 is 0 Å². The van der Waals surface area contributed by atoms with Crippen molar-refractivity contribution < 1.29 is 0 Å². The molecule has 3 heterocycles. The summed E-state index contributed by atoms with van der Waals surface area (Å²) in [6.45, 7) is 0. The number of aromatic nitrogens is 5. The van der Waals surface area contributed by atoms with Crippen molar-refractivity contribution in [3.8, 4) is 5.69 Å². The third kappa shape index (κ3) is 3.15. The number of benzene rings is 2. The second kappa shape index (κ2) is 7.02. The topological polar surface area (TPSA) is 59.4 Å². The molecule has 7 heteroatoms. The first kappa shape index (κ1) is 16.3. The van der Waals surface area contributed by atoms with Gasteiger partial charge in [0.25, 0.3) is 0 Å². The Morgan fingerprint density at radius 1 is 1.00 bits per heavy atom. The van der Waals surface area contributed by atoms with E-state index in [9.17, 15) is 0 Å². The highest BCUT2D eigenvalue weighted by atomic mass is 32.2. The fraction of sp³-hybridized carbons (Fsp3) is 0.0500. The zero-order valence-corrected chi connectivity index (χ0v) is 15.9. The molecule has 0 aliphatic rings. The van der Waals surface area contributed by atoms with E-state index >= 15 is 0 Å². The first-order valence-corrected chi connectivity index (χ1v) is 10.2. The van der Waals surface area contributed by atoms with E-state index in [-0.39, 0.29) is 0 Å². The summed E-state index contributed by atoms with van der Waals surface area (Å²) in [6, 6.07) is 18.6. The minimum absolute atomic E-state index is 0.699. The number of hydrogen-bond donors (Lipinski definition) is 1. The molecule has 3 aromatic heterocycles. The van der Waals surface area contributed by atoms with E-state index in [4.69, 9.17) is 0 Å². The second-order valence-corrected chi connectivity index (χ2v) is 8.12. The highest BCUT2D eigenvalue weighted by Crippen LogP contribution is 2.31. The summed E-state index contributed by atoms with van der Waals surface area (Å²) in [5, 5.41) is 13.0. The zero-order chi connectivity index (χ0) is 18.1. The van der Waals surface area contributed by atoms with Crippen LogP contribution in [0.4, 0.5) is 0 Å². The molecule has 0 unspecified atom stereocenters. The Kier molecular flexibility index (Phi) is 4.23. The number of aromatic amines is 1. The van der Waals surface area contributed by atoms with Crippen LogP contribution < -0.4 is 0 Å². The lowest BCUT2D eigenvalue weighted by molar-refractivity contribution is 0.849. The molecule has 0 amide bonds. The van der Waals surface area contributed by atoms with E-state index < -0.39 is 0 Å². The Morgan fingerprint density at radius 3 is 2.70 bits per heavy atom. The van der Waals surface area contributed by atoms with E-state index in [2.05, 4.69) is 61.3 Å². The molecule has 5 aromatic rings. The van der Waals surface area contributed by atoms with Crippen molar-refractivity contribution in [1.29, 1.82) is 0 Å². The minimum Gasteiger partial charge on any atom is -0.361 e. The second-order valence-electron chi connectivity index (χ2n) is 6.01. The number of fused-ring (bicyclic) bond motifs is 1. The third-order valence-corrected chi connectivity index (χ3v) is 6.16. The lowest BCUT2D eigenvalue weighted by atomic mass is 10.1. The monoisotopic (exact) mass is 389 g/mol. The zero-order valence-electron chi connectivity index (χ0n) is 14.2. The molecule has 2 aromatic carbocycles. The Bertz CT molecular complexity index is 1180. The Morgan fingerprint density at radius 2 is 1.85 bits per heavy atom. The first-order chi connectivity index (χ1) is 13.4. The number of thiazole rings is 1. The Hall–Kier alpha value is -2.90. The average Bonchev–Trinajstić information content (AvgIpc) is 3.45. The Labute approximate surface area is 164 Å². The number of H-pyrrole nitrogens is 1. The summed E-state index contributed by atoms with van der Waals surface area (Å²) in [5.74, 6) is 0.907. The highest BCUT2D eigenvalue weighted by molar-refractivity contribution is 8.00. The molecule has 0 fully saturated rings. The van der Waals surface area contributed by atoms with Gasteiger partial charge in [-0.3, -0.25) is 4.57 Å². The van der Waals surface area contributed by atoms with Crippen molar-refractivity contribution in [2.24, 2.45) is 0 Å². The van der Waals surface area contributed by atoms with Gasteiger partial charge in [0.2, 0.25) is 5.16 Å². The van der Waals surface area contributed by atoms with Crippen LogP contribution in [-0.4, -0.2) is 24.7 Å². The van der Waals surface area contributed by atoms with E-state index in [0.29, 0.717) is 6.42 Å². The van der Waals surface area contributed by atoms with Crippen LogP contribution in [0.15, 0.2) is 81.9 Å². The molecule has 0 saturated carbocycles. The molecule has 0 aliphatic heterocycles. The SMILES string of the molecule is c1ccc(-n2c(Cc3c[nH]c4ccccc34)nnc2Sc2nccs2)cc1. The lowest BCUT2D eigenvalue weighted by Crippen LogP contribution is -2.03. The standard InChI is InChI=1S/C20H15N5S2/c1-2-6-15(7-3-1)25-18(23-24-19(25)27-20-21-10-11-26-20)12-14-13-22-17-9-5-4-8-16(14)17/h1-11,13,22H,12H2.